The fraction of sp³-hybridized carbons (Fsp3) is 0.875. The summed E-state index contributed by atoms with van der Waals surface area (Å²) in [6.07, 6.45) is 1.39. The second kappa shape index (κ2) is 2.35. The van der Waals surface area contributed by atoms with Gasteiger partial charge < -0.3 is 0 Å². The molecule has 0 spiro atoms. The Labute approximate surface area is 61.2 Å². The molecule has 1 atom stereocenters. The van der Waals surface area contributed by atoms with Gasteiger partial charge in [0.25, 0.3) is 0 Å². The SMILES string of the molecule is CC1(C)CCCC([O])C1=O. The summed E-state index contributed by atoms with van der Waals surface area (Å²) in [5.41, 5.74) is -0.343. The van der Waals surface area contributed by atoms with E-state index in [1.807, 2.05) is 13.8 Å². The average molecular weight is 141 g/mol. The lowest BCUT2D eigenvalue weighted by Crippen LogP contribution is -2.37. The Balaban J connectivity index is 2.70. The van der Waals surface area contributed by atoms with Gasteiger partial charge in [-0.1, -0.05) is 13.8 Å². The first kappa shape index (κ1) is 7.73. The molecule has 0 bridgehead atoms. The van der Waals surface area contributed by atoms with Crippen LogP contribution in [0.1, 0.15) is 33.1 Å². The van der Waals surface area contributed by atoms with Crippen molar-refractivity contribution in [1.82, 2.24) is 0 Å². The topological polar surface area (TPSA) is 37.0 Å². The van der Waals surface area contributed by atoms with E-state index in [4.69, 9.17) is 0 Å². The Morgan fingerprint density at radius 1 is 1.50 bits per heavy atom. The minimum absolute atomic E-state index is 0.0984. The lowest BCUT2D eigenvalue weighted by molar-refractivity contribution is -0.143. The molecule has 0 N–H and O–H groups in total. The van der Waals surface area contributed by atoms with Crippen LogP contribution in [0.25, 0.3) is 0 Å². The van der Waals surface area contributed by atoms with Gasteiger partial charge in [0.05, 0.1) is 0 Å². The van der Waals surface area contributed by atoms with Crippen LogP contribution in [0.15, 0.2) is 0 Å². The van der Waals surface area contributed by atoms with Crippen LogP contribution in [-0.4, -0.2) is 11.9 Å². The van der Waals surface area contributed by atoms with Crippen molar-refractivity contribution in [3.05, 3.63) is 0 Å². The number of hydrogen-bond donors (Lipinski definition) is 0. The van der Waals surface area contributed by atoms with Gasteiger partial charge in [0, 0.05) is 5.41 Å². The number of rotatable bonds is 0. The van der Waals surface area contributed by atoms with E-state index in [1.165, 1.54) is 0 Å². The average Bonchev–Trinajstić information content (AvgIpc) is 1.83. The number of Topliss-reactive ketones (excluding diaryl/α,β-unsaturated/α-hetero) is 1. The summed E-state index contributed by atoms with van der Waals surface area (Å²) in [5.74, 6) is -0.0984. The molecule has 0 aliphatic heterocycles. The largest absolute Gasteiger partial charge is 0.296 e. The Kier molecular flexibility index (Phi) is 1.82. The van der Waals surface area contributed by atoms with E-state index in [1.54, 1.807) is 0 Å². The Hall–Kier alpha value is -0.370. The van der Waals surface area contributed by atoms with E-state index >= 15 is 0 Å². The summed E-state index contributed by atoms with van der Waals surface area (Å²) in [6.45, 7) is 3.72. The van der Waals surface area contributed by atoms with Crippen LogP contribution < -0.4 is 0 Å². The first-order chi connectivity index (χ1) is 4.54. The molecule has 1 aliphatic carbocycles. The number of carbonyl (C=O) groups excluding carboxylic acids is 1. The zero-order chi connectivity index (χ0) is 7.78. The van der Waals surface area contributed by atoms with E-state index in [0.29, 0.717) is 6.42 Å². The van der Waals surface area contributed by atoms with Crippen LogP contribution in [0.2, 0.25) is 0 Å². The van der Waals surface area contributed by atoms with Crippen molar-refractivity contribution in [2.75, 3.05) is 0 Å². The van der Waals surface area contributed by atoms with E-state index in [-0.39, 0.29) is 11.2 Å². The first-order valence-electron chi connectivity index (χ1n) is 3.74. The van der Waals surface area contributed by atoms with Crippen LogP contribution in [0.4, 0.5) is 0 Å². The quantitative estimate of drug-likeness (QED) is 0.504. The van der Waals surface area contributed by atoms with E-state index in [9.17, 15) is 9.90 Å². The maximum atomic E-state index is 11.1. The molecule has 1 aliphatic rings. The first-order valence-corrected chi connectivity index (χ1v) is 3.74. The molecule has 1 radical (unpaired) electrons. The predicted molar refractivity (Wildman–Crippen MR) is 37.1 cm³/mol. The zero-order valence-electron chi connectivity index (χ0n) is 6.52. The van der Waals surface area contributed by atoms with Crippen molar-refractivity contribution in [1.29, 1.82) is 0 Å². The van der Waals surface area contributed by atoms with E-state index in [2.05, 4.69) is 0 Å². The van der Waals surface area contributed by atoms with Crippen LogP contribution in [0, 0.1) is 5.41 Å². The number of carbonyl (C=O) groups is 1. The van der Waals surface area contributed by atoms with Gasteiger partial charge in [0.1, 0.15) is 0 Å². The van der Waals surface area contributed by atoms with Crippen molar-refractivity contribution < 1.29 is 9.90 Å². The lowest BCUT2D eigenvalue weighted by Gasteiger charge is -2.29. The molecule has 0 saturated heterocycles. The molecule has 1 unspecified atom stereocenters. The monoisotopic (exact) mass is 141 g/mol. The summed E-state index contributed by atoms with van der Waals surface area (Å²) in [4.78, 5) is 11.1. The third-order valence-corrected chi connectivity index (χ3v) is 2.23. The van der Waals surface area contributed by atoms with Crippen molar-refractivity contribution in [2.45, 2.75) is 39.2 Å². The van der Waals surface area contributed by atoms with Gasteiger partial charge >= 0.3 is 0 Å². The highest BCUT2D eigenvalue weighted by molar-refractivity contribution is 5.88. The highest BCUT2D eigenvalue weighted by atomic mass is 16.3. The van der Waals surface area contributed by atoms with Crippen LogP contribution in [0.5, 0.6) is 0 Å². The maximum Gasteiger partial charge on any atom is 0.170 e. The van der Waals surface area contributed by atoms with E-state index in [0.717, 1.165) is 12.8 Å². The van der Waals surface area contributed by atoms with Crippen LogP contribution >= 0.6 is 0 Å². The molecule has 10 heavy (non-hydrogen) atoms. The summed E-state index contributed by atoms with van der Waals surface area (Å²) in [7, 11) is 0. The van der Waals surface area contributed by atoms with Gasteiger partial charge in [-0.3, -0.25) is 4.79 Å². The number of hydrogen-bond acceptors (Lipinski definition) is 1. The van der Waals surface area contributed by atoms with Crippen molar-refractivity contribution in [2.24, 2.45) is 5.41 Å². The molecule has 2 heteroatoms. The smallest absolute Gasteiger partial charge is 0.170 e. The summed E-state index contributed by atoms with van der Waals surface area (Å²) >= 11 is 0. The molecule has 0 aromatic carbocycles. The molecule has 1 rings (SSSR count). The van der Waals surface area contributed by atoms with Gasteiger partial charge in [-0.05, 0) is 19.3 Å². The molecule has 0 aromatic rings. The predicted octanol–water partition coefficient (Wildman–Crippen LogP) is 1.56. The standard InChI is InChI=1S/C8H13O2/c1-8(2)5-3-4-6(9)7(8)10/h6H,3-5H2,1-2H3. The van der Waals surface area contributed by atoms with Gasteiger partial charge in [0.15, 0.2) is 11.9 Å². The highest BCUT2D eigenvalue weighted by Gasteiger charge is 2.36. The number of ketones is 1. The Morgan fingerprint density at radius 2 is 2.10 bits per heavy atom. The fourth-order valence-corrected chi connectivity index (χ4v) is 1.42. The minimum Gasteiger partial charge on any atom is -0.296 e. The molecule has 0 aromatic heterocycles. The molecule has 0 heterocycles. The summed E-state index contributed by atoms with van der Waals surface area (Å²) in [6, 6.07) is 0. The zero-order valence-corrected chi connectivity index (χ0v) is 6.52. The third kappa shape index (κ3) is 1.21. The molecule has 1 saturated carbocycles. The van der Waals surface area contributed by atoms with Crippen molar-refractivity contribution >= 4 is 5.78 Å². The van der Waals surface area contributed by atoms with Crippen molar-refractivity contribution in [3.8, 4) is 0 Å². The third-order valence-electron chi connectivity index (χ3n) is 2.23. The van der Waals surface area contributed by atoms with Gasteiger partial charge in [-0.2, -0.15) is 0 Å². The molecule has 0 amide bonds. The molecule has 2 nitrogen and oxygen atoms in total. The van der Waals surface area contributed by atoms with Crippen LogP contribution in [-0.2, 0) is 9.90 Å². The maximum absolute atomic E-state index is 11.1. The normalized spacial score (nSPS) is 32.3. The van der Waals surface area contributed by atoms with Crippen LogP contribution in [0.3, 0.4) is 0 Å². The second-order valence-electron chi connectivity index (χ2n) is 3.63. The Bertz CT molecular complexity index is 149. The van der Waals surface area contributed by atoms with Gasteiger partial charge in [-0.15, -0.1) is 0 Å². The minimum atomic E-state index is -0.941. The molecule has 1 fully saturated rings. The van der Waals surface area contributed by atoms with Crippen molar-refractivity contribution in [3.63, 3.8) is 0 Å². The lowest BCUT2D eigenvalue weighted by atomic mass is 9.75. The molecular weight excluding hydrogens is 128 g/mol. The second-order valence-corrected chi connectivity index (χ2v) is 3.63. The summed E-state index contributed by atoms with van der Waals surface area (Å²) in [5, 5.41) is 10.9. The highest BCUT2D eigenvalue weighted by Crippen LogP contribution is 2.31. The van der Waals surface area contributed by atoms with E-state index < -0.39 is 6.10 Å². The molecular formula is C8H13O2. The fourth-order valence-electron chi connectivity index (χ4n) is 1.42. The summed E-state index contributed by atoms with van der Waals surface area (Å²) < 4.78 is 0. The van der Waals surface area contributed by atoms with Gasteiger partial charge in [0.2, 0.25) is 0 Å². The van der Waals surface area contributed by atoms with Gasteiger partial charge in [-0.25, -0.2) is 5.11 Å². The molecule has 57 valence electrons. The Morgan fingerprint density at radius 3 is 2.50 bits per heavy atom.